The third-order valence-corrected chi connectivity index (χ3v) is 1.66. The van der Waals surface area contributed by atoms with Crippen molar-refractivity contribution in [3.63, 3.8) is 0 Å². The number of methoxy groups -OCH3 is 1. The number of hydrogen-bond donors (Lipinski definition) is 1. The van der Waals surface area contributed by atoms with Crippen LogP contribution in [0.1, 0.15) is 10.4 Å². The fourth-order valence-electron chi connectivity index (χ4n) is 0.982. The molecule has 1 N–H and O–H groups in total. The molecule has 3 nitrogen and oxygen atoms in total. The highest BCUT2D eigenvalue weighted by molar-refractivity contribution is 5.84. The van der Waals surface area contributed by atoms with Crippen molar-refractivity contribution < 1.29 is 9.53 Å². The van der Waals surface area contributed by atoms with Crippen molar-refractivity contribution in [2.45, 2.75) is 0 Å². The Balaban J connectivity index is 3.10. The molecule has 3 heteroatoms. The van der Waals surface area contributed by atoms with E-state index in [0.29, 0.717) is 5.56 Å². The van der Waals surface area contributed by atoms with Crippen LogP contribution in [-0.4, -0.2) is 20.4 Å². The lowest BCUT2D eigenvalue weighted by Crippen LogP contribution is -1.95. The molecule has 0 saturated heterocycles. The molecule has 0 saturated carbocycles. The van der Waals surface area contributed by atoms with E-state index in [2.05, 4.69) is 5.32 Å². The van der Waals surface area contributed by atoms with Crippen molar-refractivity contribution >= 4 is 12.0 Å². The molecule has 0 amide bonds. The van der Waals surface area contributed by atoms with E-state index in [-0.39, 0.29) is 0 Å². The Bertz CT molecular complexity index is 284. The molecule has 0 aliphatic heterocycles. The van der Waals surface area contributed by atoms with Gasteiger partial charge in [0.15, 0.2) is 6.29 Å². The average molecular weight is 165 g/mol. The van der Waals surface area contributed by atoms with Gasteiger partial charge in [0.2, 0.25) is 0 Å². The monoisotopic (exact) mass is 165 g/mol. The van der Waals surface area contributed by atoms with Crippen LogP contribution in [-0.2, 0) is 0 Å². The topological polar surface area (TPSA) is 38.3 Å². The molecule has 0 unspecified atom stereocenters. The van der Waals surface area contributed by atoms with Crippen molar-refractivity contribution in [1.29, 1.82) is 0 Å². The van der Waals surface area contributed by atoms with E-state index in [4.69, 9.17) is 4.74 Å². The van der Waals surface area contributed by atoms with Gasteiger partial charge in [-0.25, -0.2) is 0 Å². The van der Waals surface area contributed by atoms with Crippen LogP contribution in [0.5, 0.6) is 5.75 Å². The smallest absolute Gasteiger partial charge is 0.152 e. The number of nitrogens with one attached hydrogen (secondary N) is 1. The highest BCUT2D eigenvalue weighted by atomic mass is 16.5. The molecule has 0 radical (unpaired) electrons. The molecular weight excluding hydrogens is 154 g/mol. The number of aldehydes is 1. The van der Waals surface area contributed by atoms with Gasteiger partial charge in [0, 0.05) is 24.4 Å². The van der Waals surface area contributed by atoms with Gasteiger partial charge in [0.1, 0.15) is 5.75 Å². The molecule has 0 aliphatic carbocycles. The predicted octanol–water partition coefficient (Wildman–Crippen LogP) is 1.55. The summed E-state index contributed by atoms with van der Waals surface area (Å²) in [5.41, 5.74) is 1.42. The van der Waals surface area contributed by atoms with E-state index in [0.717, 1.165) is 17.7 Å². The largest absolute Gasteiger partial charge is 0.497 e. The number of rotatable bonds is 3. The molecule has 12 heavy (non-hydrogen) atoms. The summed E-state index contributed by atoms with van der Waals surface area (Å²) in [6.45, 7) is 0. The van der Waals surface area contributed by atoms with Crippen LogP contribution in [0, 0.1) is 0 Å². The molecular formula is C9H11NO2. The van der Waals surface area contributed by atoms with Crippen LogP contribution >= 0.6 is 0 Å². The molecule has 0 aromatic heterocycles. The number of benzene rings is 1. The molecule has 1 aromatic rings. The Morgan fingerprint density at radius 3 is 2.75 bits per heavy atom. The lowest BCUT2D eigenvalue weighted by molar-refractivity contribution is 0.112. The number of carbonyl (C=O) groups excluding carboxylic acids is 1. The van der Waals surface area contributed by atoms with Gasteiger partial charge < -0.3 is 10.1 Å². The zero-order valence-electron chi connectivity index (χ0n) is 7.13. The molecule has 64 valence electrons. The number of carbonyl (C=O) groups is 1. The van der Waals surface area contributed by atoms with E-state index in [1.54, 1.807) is 32.4 Å². The van der Waals surface area contributed by atoms with Crippen LogP contribution in [0.4, 0.5) is 5.69 Å². The van der Waals surface area contributed by atoms with Crippen LogP contribution in [0.2, 0.25) is 0 Å². The maximum Gasteiger partial charge on any atom is 0.152 e. The van der Waals surface area contributed by atoms with Gasteiger partial charge >= 0.3 is 0 Å². The normalized spacial score (nSPS) is 9.17. The minimum absolute atomic E-state index is 0.637. The summed E-state index contributed by atoms with van der Waals surface area (Å²) < 4.78 is 5.00. The van der Waals surface area contributed by atoms with Gasteiger partial charge in [0.05, 0.1) is 7.11 Å². The summed E-state index contributed by atoms with van der Waals surface area (Å²) >= 11 is 0. The van der Waals surface area contributed by atoms with Crippen molar-refractivity contribution in [2.75, 3.05) is 19.5 Å². The van der Waals surface area contributed by atoms with Crippen molar-refractivity contribution in [2.24, 2.45) is 0 Å². The summed E-state index contributed by atoms with van der Waals surface area (Å²) in [7, 11) is 3.36. The zero-order chi connectivity index (χ0) is 8.97. The quantitative estimate of drug-likeness (QED) is 0.690. The third-order valence-electron chi connectivity index (χ3n) is 1.66. The Morgan fingerprint density at radius 2 is 2.25 bits per heavy atom. The van der Waals surface area contributed by atoms with Crippen molar-refractivity contribution in [1.82, 2.24) is 0 Å². The molecule has 1 aromatic carbocycles. The minimum Gasteiger partial charge on any atom is -0.497 e. The van der Waals surface area contributed by atoms with E-state index in [1.165, 1.54) is 0 Å². The standard InChI is InChI=1S/C9H11NO2/c1-10-9-5-8(12-2)4-3-7(9)6-11/h3-6,10H,1-2H3. The Hall–Kier alpha value is -1.51. The third kappa shape index (κ3) is 1.56. The fourth-order valence-corrected chi connectivity index (χ4v) is 0.982. The first kappa shape index (κ1) is 8.59. The number of anilines is 1. The summed E-state index contributed by atoms with van der Waals surface area (Å²) in [6, 6.07) is 5.26. The molecule has 0 heterocycles. The Kier molecular flexibility index (Phi) is 2.69. The molecule has 0 atom stereocenters. The van der Waals surface area contributed by atoms with Crippen LogP contribution in [0.25, 0.3) is 0 Å². The van der Waals surface area contributed by atoms with Crippen molar-refractivity contribution in [3.8, 4) is 5.75 Å². The van der Waals surface area contributed by atoms with E-state index in [1.807, 2.05) is 0 Å². The molecule has 0 spiro atoms. The molecule has 1 rings (SSSR count). The first-order valence-electron chi connectivity index (χ1n) is 3.62. The lowest BCUT2D eigenvalue weighted by Gasteiger charge is -2.05. The second-order valence-electron chi connectivity index (χ2n) is 2.32. The summed E-state index contributed by atoms with van der Waals surface area (Å²) in [5.74, 6) is 0.741. The first-order valence-corrected chi connectivity index (χ1v) is 3.62. The van der Waals surface area contributed by atoms with Gasteiger partial charge in [-0.3, -0.25) is 4.79 Å². The summed E-state index contributed by atoms with van der Waals surface area (Å²) in [4.78, 5) is 10.5. The van der Waals surface area contributed by atoms with Gasteiger partial charge in [-0.2, -0.15) is 0 Å². The van der Waals surface area contributed by atoms with E-state index in [9.17, 15) is 4.79 Å². The van der Waals surface area contributed by atoms with Gasteiger partial charge in [0.25, 0.3) is 0 Å². The molecule has 0 bridgehead atoms. The first-order chi connectivity index (χ1) is 5.81. The van der Waals surface area contributed by atoms with Crippen molar-refractivity contribution in [3.05, 3.63) is 23.8 Å². The second-order valence-corrected chi connectivity index (χ2v) is 2.32. The highest BCUT2D eigenvalue weighted by Gasteiger charge is 2.00. The summed E-state index contributed by atoms with van der Waals surface area (Å²) in [6.07, 6.45) is 0.811. The van der Waals surface area contributed by atoms with Gasteiger partial charge in [-0.05, 0) is 12.1 Å². The van der Waals surface area contributed by atoms with E-state index >= 15 is 0 Å². The second kappa shape index (κ2) is 3.76. The maximum atomic E-state index is 10.5. The predicted molar refractivity (Wildman–Crippen MR) is 47.9 cm³/mol. The Labute approximate surface area is 71.4 Å². The minimum atomic E-state index is 0.637. The van der Waals surface area contributed by atoms with Gasteiger partial charge in [-0.15, -0.1) is 0 Å². The molecule has 0 fully saturated rings. The number of hydrogen-bond acceptors (Lipinski definition) is 3. The van der Waals surface area contributed by atoms with Gasteiger partial charge in [-0.1, -0.05) is 0 Å². The van der Waals surface area contributed by atoms with Crippen LogP contribution < -0.4 is 10.1 Å². The highest BCUT2D eigenvalue weighted by Crippen LogP contribution is 2.20. The van der Waals surface area contributed by atoms with E-state index < -0.39 is 0 Å². The lowest BCUT2D eigenvalue weighted by atomic mass is 10.2. The zero-order valence-corrected chi connectivity index (χ0v) is 7.13. The summed E-state index contributed by atoms with van der Waals surface area (Å²) in [5, 5.41) is 2.91. The SMILES string of the molecule is CNc1cc(OC)ccc1C=O. The van der Waals surface area contributed by atoms with Crippen LogP contribution in [0.3, 0.4) is 0 Å². The Morgan fingerprint density at radius 1 is 1.50 bits per heavy atom. The van der Waals surface area contributed by atoms with Crippen LogP contribution in [0.15, 0.2) is 18.2 Å². The average Bonchev–Trinajstić information content (AvgIpc) is 2.16. The maximum absolute atomic E-state index is 10.5. The number of ether oxygens (including phenoxy) is 1. The fraction of sp³-hybridized carbons (Fsp3) is 0.222. The molecule has 0 aliphatic rings.